The predicted octanol–water partition coefficient (Wildman–Crippen LogP) is 3.42. The van der Waals surface area contributed by atoms with Crippen molar-refractivity contribution in [1.29, 1.82) is 0 Å². The molecule has 0 spiro atoms. The molecule has 0 atom stereocenters. The van der Waals surface area contributed by atoms with Gasteiger partial charge in [-0.1, -0.05) is 35.9 Å². The summed E-state index contributed by atoms with van der Waals surface area (Å²) in [5, 5.41) is 4.00. The third-order valence-corrected chi connectivity index (χ3v) is 4.99. The largest absolute Gasteiger partial charge is 0.362 e. The summed E-state index contributed by atoms with van der Waals surface area (Å²) in [6.07, 6.45) is 2.10. The molecule has 0 fully saturated rings. The monoisotopic (exact) mass is 388 g/mol. The van der Waals surface area contributed by atoms with Gasteiger partial charge in [-0.3, -0.25) is 15.6 Å². The number of hydrazine groups is 1. The first kappa shape index (κ1) is 18.5. The number of fused-ring (bicyclic) bond motifs is 1. The second kappa shape index (κ2) is 8.38. The van der Waals surface area contributed by atoms with Gasteiger partial charge in [-0.15, -0.1) is 0 Å². The third-order valence-electron chi connectivity index (χ3n) is 4.37. The molecule has 5 nitrogen and oxygen atoms in total. The summed E-state index contributed by atoms with van der Waals surface area (Å²) in [4.78, 5) is 14.4. The van der Waals surface area contributed by atoms with E-state index in [0.29, 0.717) is 10.1 Å². The lowest BCUT2D eigenvalue weighted by atomic mass is 10.0. The van der Waals surface area contributed by atoms with Gasteiger partial charge in [-0.05, 0) is 61.3 Å². The lowest BCUT2D eigenvalue weighted by molar-refractivity contribution is -0.120. The molecule has 3 rings (SSSR count). The minimum Gasteiger partial charge on any atom is -0.362 e. The Balaban J connectivity index is 1.52. The second-order valence-corrected chi connectivity index (χ2v) is 7.01. The van der Waals surface area contributed by atoms with Crippen molar-refractivity contribution < 1.29 is 4.79 Å². The highest BCUT2D eigenvalue weighted by molar-refractivity contribution is 7.80. The van der Waals surface area contributed by atoms with Crippen LogP contribution in [0.1, 0.15) is 17.5 Å². The fourth-order valence-electron chi connectivity index (χ4n) is 3.01. The Hall–Kier alpha value is -2.31. The van der Waals surface area contributed by atoms with E-state index in [-0.39, 0.29) is 12.5 Å². The van der Waals surface area contributed by atoms with Gasteiger partial charge in [0.15, 0.2) is 5.11 Å². The van der Waals surface area contributed by atoms with Crippen molar-refractivity contribution in [1.82, 2.24) is 10.9 Å². The maximum atomic E-state index is 12.3. The number of thiocarbonyl (C=S) groups is 1. The lowest BCUT2D eigenvalue weighted by Crippen LogP contribution is -2.48. The van der Waals surface area contributed by atoms with E-state index in [1.165, 1.54) is 5.56 Å². The zero-order valence-corrected chi connectivity index (χ0v) is 16.1. The highest BCUT2D eigenvalue weighted by Gasteiger charge is 2.18. The number of hydrogen-bond donors (Lipinski definition) is 3. The van der Waals surface area contributed by atoms with Crippen molar-refractivity contribution in [2.75, 3.05) is 23.3 Å². The van der Waals surface area contributed by atoms with Crippen molar-refractivity contribution in [3.63, 3.8) is 0 Å². The van der Waals surface area contributed by atoms with Crippen LogP contribution in [0.3, 0.4) is 0 Å². The molecular formula is C19H21ClN4OS. The van der Waals surface area contributed by atoms with E-state index in [1.807, 2.05) is 37.3 Å². The Morgan fingerprint density at radius 3 is 2.85 bits per heavy atom. The molecule has 0 bridgehead atoms. The zero-order valence-electron chi connectivity index (χ0n) is 14.5. The Labute approximate surface area is 163 Å². The molecule has 26 heavy (non-hydrogen) atoms. The van der Waals surface area contributed by atoms with Gasteiger partial charge in [0, 0.05) is 22.9 Å². The minimum absolute atomic E-state index is 0.145. The average molecular weight is 389 g/mol. The summed E-state index contributed by atoms with van der Waals surface area (Å²) in [6.45, 7) is 3.05. The summed E-state index contributed by atoms with van der Waals surface area (Å²) in [6, 6.07) is 13.7. The molecule has 7 heteroatoms. The Kier molecular flexibility index (Phi) is 5.96. The summed E-state index contributed by atoms with van der Waals surface area (Å²) in [5.41, 5.74) is 9.50. The molecule has 2 aromatic carbocycles. The Morgan fingerprint density at radius 1 is 1.19 bits per heavy atom. The summed E-state index contributed by atoms with van der Waals surface area (Å²) >= 11 is 11.3. The van der Waals surface area contributed by atoms with Gasteiger partial charge in [0.2, 0.25) is 0 Å². The molecule has 1 heterocycles. The van der Waals surface area contributed by atoms with Gasteiger partial charge in [0.05, 0.1) is 6.54 Å². The van der Waals surface area contributed by atoms with E-state index in [1.54, 1.807) is 0 Å². The fraction of sp³-hybridized carbons (Fsp3) is 0.263. The van der Waals surface area contributed by atoms with Crippen LogP contribution < -0.4 is 21.1 Å². The van der Waals surface area contributed by atoms with Gasteiger partial charge in [0.25, 0.3) is 5.91 Å². The number of amides is 1. The van der Waals surface area contributed by atoms with Crippen LogP contribution in [-0.4, -0.2) is 24.1 Å². The van der Waals surface area contributed by atoms with E-state index < -0.39 is 0 Å². The van der Waals surface area contributed by atoms with Crippen molar-refractivity contribution >= 4 is 46.2 Å². The van der Waals surface area contributed by atoms with Crippen LogP contribution in [0.5, 0.6) is 0 Å². The molecule has 0 saturated heterocycles. The van der Waals surface area contributed by atoms with Crippen molar-refractivity contribution in [2.24, 2.45) is 0 Å². The number of nitrogens with one attached hydrogen (secondary N) is 3. The molecule has 0 aromatic heterocycles. The number of anilines is 2. The van der Waals surface area contributed by atoms with Crippen molar-refractivity contribution in [2.45, 2.75) is 19.8 Å². The molecule has 3 N–H and O–H groups in total. The van der Waals surface area contributed by atoms with Gasteiger partial charge < -0.3 is 10.2 Å². The van der Waals surface area contributed by atoms with Gasteiger partial charge in [-0.25, -0.2) is 0 Å². The minimum atomic E-state index is -0.145. The number of rotatable bonds is 3. The Bertz CT molecular complexity index is 827. The highest BCUT2D eigenvalue weighted by atomic mass is 35.5. The summed E-state index contributed by atoms with van der Waals surface area (Å²) in [7, 11) is 0. The standard InChI is InChI=1S/C19H21ClN4OS/c1-13-15(20)8-4-9-16(13)21-19(26)23-22-18(25)12-24-11-5-7-14-6-2-3-10-17(14)24/h2-4,6,8-10H,5,7,11-12H2,1H3,(H,22,25)(H2,21,23,26). The van der Waals surface area contributed by atoms with E-state index in [2.05, 4.69) is 33.2 Å². The number of para-hydroxylation sites is 1. The van der Waals surface area contributed by atoms with Crippen LogP contribution in [-0.2, 0) is 11.2 Å². The van der Waals surface area contributed by atoms with E-state index in [0.717, 1.165) is 36.3 Å². The molecule has 0 saturated carbocycles. The molecule has 136 valence electrons. The van der Waals surface area contributed by atoms with Crippen molar-refractivity contribution in [3.8, 4) is 0 Å². The second-order valence-electron chi connectivity index (χ2n) is 6.19. The lowest BCUT2D eigenvalue weighted by Gasteiger charge is -2.30. The van der Waals surface area contributed by atoms with Crippen LogP contribution in [0.25, 0.3) is 0 Å². The van der Waals surface area contributed by atoms with E-state index >= 15 is 0 Å². The smallest absolute Gasteiger partial charge is 0.257 e. The maximum absolute atomic E-state index is 12.3. The zero-order chi connectivity index (χ0) is 18.5. The van der Waals surface area contributed by atoms with Gasteiger partial charge in [-0.2, -0.15) is 0 Å². The molecule has 1 aliphatic heterocycles. The maximum Gasteiger partial charge on any atom is 0.257 e. The van der Waals surface area contributed by atoms with Crippen LogP contribution in [0.2, 0.25) is 5.02 Å². The van der Waals surface area contributed by atoms with Gasteiger partial charge >= 0.3 is 0 Å². The first-order valence-electron chi connectivity index (χ1n) is 8.48. The summed E-state index contributed by atoms with van der Waals surface area (Å²) < 4.78 is 0. The quantitative estimate of drug-likeness (QED) is 0.555. The molecule has 0 radical (unpaired) electrons. The number of benzene rings is 2. The number of halogens is 1. The van der Waals surface area contributed by atoms with E-state index in [9.17, 15) is 4.79 Å². The van der Waals surface area contributed by atoms with E-state index in [4.69, 9.17) is 23.8 Å². The molecule has 2 aromatic rings. The number of carbonyl (C=O) groups excluding carboxylic acids is 1. The normalized spacial score (nSPS) is 12.9. The van der Waals surface area contributed by atoms with Crippen LogP contribution >= 0.6 is 23.8 Å². The SMILES string of the molecule is Cc1c(Cl)cccc1NC(=S)NNC(=O)CN1CCCc2ccccc21. The topological polar surface area (TPSA) is 56.4 Å². The molecular weight excluding hydrogens is 368 g/mol. The average Bonchev–Trinajstić information content (AvgIpc) is 2.64. The number of carbonyl (C=O) groups is 1. The summed E-state index contributed by atoms with van der Waals surface area (Å²) in [5.74, 6) is -0.145. The van der Waals surface area contributed by atoms with Gasteiger partial charge in [0.1, 0.15) is 0 Å². The van der Waals surface area contributed by atoms with Crippen molar-refractivity contribution in [3.05, 3.63) is 58.6 Å². The van der Waals surface area contributed by atoms with Crippen LogP contribution in [0, 0.1) is 6.92 Å². The molecule has 0 unspecified atom stereocenters. The number of nitrogens with zero attached hydrogens (tertiary/aromatic N) is 1. The number of hydrogen-bond acceptors (Lipinski definition) is 3. The first-order valence-corrected chi connectivity index (χ1v) is 9.27. The number of aryl methyl sites for hydroxylation is 1. The van der Waals surface area contributed by atoms with Crippen LogP contribution in [0.15, 0.2) is 42.5 Å². The Morgan fingerprint density at radius 2 is 2.00 bits per heavy atom. The highest BCUT2D eigenvalue weighted by Crippen LogP contribution is 2.26. The fourth-order valence-corrected chi connectivity index (χ4v) is 3.35. The molecule has 1 aliphatic rings. The molecule has 0 aliphatic carbocycles. The first-order chi connectivity index (χ1) is 12.5. The predicted molar refractivity (Wildman–Crippen MR) is 111 cm³/mol. The van der Waals surface area contributed by atoms with Crippen LogP contribution in [0.4, 0.5) is 11.4 Å². The third kappa shape index (κ3) is 4.45. The molecule has 1 amide bonds.